The Kier molecular flexibility index (Phi) is 3.94. The molecular formula is C16H26N2O. The lowest BCUT2D eigenvalue weighted by molar-refractivity contribution is 0.0866. The van der Waals surface area contributed by atoms with Crippen molar-refractivity contribution in [2.24, 2.45) is 0 Å². The molecule has 1 aromatic heterocycles. The molecule has 2 unspecified atom stereocenters. The molecule has 2 fully saturated rings. The maximum atomic E-state index is 5.96. The fourth-order valence-electron chi connectivity index (χ4n) is 3.10. The predicted octanol–water partition coefficient (Wildman–Crippen LogP) is 3.29. The highest BCUT2D eigenvalue weighted by Gasteiger charge is 2.25. The van der Waals surface area contributed by atoms with Crippen LogP contribution in [0.2, 0.25) is 0 Å². The van der Waals surface area contributed by atoms with Crippen LogP contribution in [0, 0.1) is 0 Å². The number of piperidine rings is 1. The standard InChI is InChI=1S/C16H26N2O/c1-12-4-3-5-13(2)18(12)11-16-9-8-15(19-16)10-17-14-6-7-14/h8-9,12-14,17H,3-7,10-11H2,1-2H3. The Morgan fingerprint density at radius 1 is 1.11 bits per heavy atom. The fraction of sp³-hybridized carbons (Fsp3) is 0.750. The van der Waals surface area contributed by atoms with E-state index in [2.05, 4.69) is 36.2 Å². The first-order valence-corrected chi connectivity index (χ1v) is 7.79. The van der Waals surface area contributed by atoms with Gasteiger partial charge in [0.1, 0.15) is 11.5 Å². The van der Waals surface area contributed by atoms with E-state index in [1.807, 2.05) is 0 Å². The summed E-state index contributed by atoms with van der Waals surface area (Å²) in [6, 6.07) is 6.39. The molecule has 19 heavy (non-hydrogen) atoms. The summed E-state index contributed by atoms with van der Waals surface area (Å²) in [6.07, 6.45) is 6.67. The summed E-state index contributed by atoms with van der Waals surface area (Å²) < 4.78 is 5.96. The normalized spacial score (nSPS) is 28.7. The van der Waals surface area contributed by atoms with E-state index in [0.717, 1.165) is 30.7 Å². The third-order valence-corrected chi connectivity index (χ3v) is 4.57. The quantitative estimate of drug-likeness (QED) is 0.882. The summed E-state index contributed by atoms with van der Waals surface area (Å²) in [4.78, 5) is 2.58. The molecule has 0 spiro atoms. The third-order valence-electron chi connectivity index (χ3n) is 4.57. The molecular weight excluding hydrogens is 236 g/mol. The number of likely N-dealkylation sites (tertiary alicyclic amines) is 1. The number of hydrogen-bond donors (Lipinski definition) is 1. The van der Waals surface area contributed by atoms with Gasteiger partial charge in [-0.25, -0.2) is 0 Å². The SMILES string of the molecule is CC1CCCC(C)N1Cc1ccc(CNC2CC2)o1. The average molecular weight is 262 g/mol. The van der Waals surface area contributed by atoms with Crippen LogP contribution in [0.15, 0.2) is 16.5 Å². The minimum absolute atomic E-state index is 0.682. The maximum absolute atomic E-state index is 5.96. The summed E-state index contributed by atoms with van der Waals surface area (Å²) in [5.74, 6) is 2.20. The van der Waals surface area contributed by atoms with Crippen LogP contribution in [0.3, 0.4) is 0 Å². The molecule has 0 radical (unpaired) electrons. The molecule has 2 aliphatic rings. The van der Waals surface area contributed by atoms with Gasteiger partial charge in [0.05, 0.1) is 13.1 Å². The molecule has 0 amide bonds. The lowest BCUT2D eigenvalue weighted by Gasteiger charge is -2.38. The highest BCUT2D eigenvalue weighted by molar-refractivity contribution is 5.08. The molecule has 1 saturated heterocycles. The summed E-state index contributed by atoms with van der Waals surface area (Å²) >= 11 is 0. The number of nitrogens with one attached hydrogen (secondary N) is 1. The second-order valence-electron chi connectivity index (χ2n) is 6.32. The van der Waals surface area contributed by atoms with Gasteiger partial charge < -0.3 is 9.73 Å². The van der Waals surface area contributed by atoms with E-state index >= 15 is 0 Å². The molecule has 0 aromatic carbocycles. The molecule has 2 atom stereocenters. The van der Waals surface area contributed by atoms with E-state index in [4.69, 9.17) is 4.42 Å². The van der Waals surface area contributed by atoms with Crippen molar-refractivity contribution < 1.29 is 4.42 Å². The van der Waals surface area contributed by atoms with Crippen LogP contribution in [-0.4, -0.2) is 23.0 Å². The van der Waals surface area contributed by atoms with Gasteiger partial charge in [0.2, 0.25) is 0 Å². The smallest absolute Gasteiger partial charge is 0.118 e. The lowest BCUT2D eigenvalue weighted by Crippen LogP contribution is -2.42. The number of hydrogen-bond acceptors (Lipinski definition) is 3. The van der Waals surface area contributed by atoms with E-state index in [0.29, 0.717) is 12.1 Å². The van der Waals surface area contributed by atoms with Gasteiger partial charge in [-0.3, -0.25) is 4.90 Å². The minimum Gasteiger partial charge on any atom is -0.463 e. The third kappa shape index (κ3) is 3.40. The Labute approximate surface area is 116 Å². The van der Waals surface area contributed by atoms with Crippen LogP contribution in [0.4, 0.5) is 0 Å². The molecule has 1 aliphatic carbocycles. The average Bonchev–Trinajstić information content (AvgIpc) is 3.11. The van der Waals surface area contributed by atoms with Crippen molar-refractivity contribution >= 4 is 0 Å². The van der Waals surface area contributed by atoms with Gasteiger partial charge in [-0.15, -0.1) is 0 Å². The zero-order chi connectivity index (χ0) is 13.2. The van der Waals surface area contributed by atoms with Gasteiger partial charge in [0.15, 0.2) is 0 Å². The Hall–Kier alpha value is -0.800. The van der Waals surface area contributed by atoms with Crippen LogP contribution >= 0.6 is 0 Å². The lowest BCUT2D eigenvalue weighted by atomic mass is 9.97. The Balaban J connectivity index is 1.55. The van der Waals surface area contributed by atoms with Crippen molar-refractivity contribution in [1.82, 2.24) is 10.2 Å². The molecule has 106 valence electrons. The van der Waals surface area contributed by atoms with Crippen molar-refractivity contribution in [1.29, 1.82) is 0 Å². The van der Waals surface area contributed by atoms with Crippen molar-refractivity contribution in [2.45, 2.75) is 77.2 Å². The van der Waals surface area contributed by atoms with Crippen molar-refractivity contribution in [3.63, 3.8) is 0 Å². The molecule has 1 N–H and O–H groups in total. The highest BCUT2D eigenvalue weighted by Crippen LogP contribution is 2.25. The zero-order valence-electron chi connectivity index (χ0n) is 12.2. The number of furan rings is 1. The van der Waals surface area contributed by atoms with Crippen LogP contribution in [0.5, 0.6) is 0 Å². The Morgan fingerprint density at radius 2 is 1.79 bits per heavy atom. The van der Waals surface area contributed by atoms with E-state index in [9.17, 15) is 0 Å². The molecule has 3 nitrogen and oxygen atoms in total. The second kappa shape index (κ2) is 5.68. The monoisotopic (exact) mass is 262 g/mol. The van der Waals surface area contributed by atoms with Crippen LogP contribution < -0.4 is 5.32 Å². The van der Waals surface area contributed by atoms with Crippen molar-refractivity contribution in [2.75, 3.05) is 0 Å². The van der Waals surface area contributed by atoms with Crippen LogP contribution in [0.1, 0.15) is 57.5 Å². The van der Waals surface area contributed by atoms with E-state index < -0.39 is 0 Å². The molecule has 0 bridgehead atoms. The first-order chi connectivity index (χ1) is 9.22. The highest BCUT2D eigenvalue weighted by atomic mass is 16.3. The predicted molar refractivity (Wildman–Crippen MR) is 76.9 cm³/mol. The molecule has 3 heteroatoms. The van der Waals surface area contributed by atoms with Crippen molar-refractivity contribution in [3.8, 4) is 0 Å². The van der Waals surface area contributed by atoms with Gasteiger partial charge in [-0.05, 0) is 51.7 Å². The number of nitrogens with zero attached hydrogens (tertiary/aromatic N) is 1. The summed E-state index contributed by atoms with van der Waals surface area (Å²) in [6.45, 7) is 6.53. The van der Waals surface area contributed by atoms with Gasteiger partial charge in [0.25, 0.3) is 0 Å². The molecule has 2 heterocycles. The van der Waals surface area contributed by atoms with Crippen LogP contribution in [0.25, 0.3) is 0 Å². The maximum Gasteiger partial charge on any atom is 0.118 e. The van der Waals surface area contributed by atoms with E-state index in [1.54, 1.807) is 0 Å². The molecule has 1 aliphatic heterocycles. The Morgan fingerprint density at radius 3 is 2.47 bits per heavy atom. The van der Waals surface area contributed by atoms with E-state index in [-0.39, 0.29) is 0 Å². The van der Waals surface area contributed by atoms with Gasteiger partial charge in [0, 0.05) is 18.1 Å². The molecule has 1 saturated carbocycles. The summed E-state index contributed by atoms with van der Waals surface area (Å²) in [5.41, 5.74) is 0. The summed E-state index contributed by atoms with van der Waals surface area (Å²) in [5, 5.41) is 3.50. The first kappa shape index (κ1) is 13.2. The summed E-state index contributed by atoms with van der Waals surface area (Å²) in [7, 11) is 0. The minimum atomic E-state index is 0.682. The van der Waals surface area contributed by atoms with Gasteiger partial charge in [-0.2, -0.15) is 0 Å². The van der Waals surface area contributed by atoms with E-state index in [1.165, 1.54) is 32.1 Å². The molecule has 3 rings (SSSR count). The first-order valence-electron chi connectivity index (χ1n) is 7.79. The topological polar surface area (TPSA) is 28.4 Å². The molecule has 1 aromatic rings. The fourth-order valence-corrected chi connectivity index (χ4v) is 3.10. The zero-order valence-corrected chi connectivity index (χ0v) is 12.2. The van der Waals surface area contributed by atoms with Gasteiger partial charge >= 0.3 is 0 Å². The van der Waals surface area contributed by atoms with Crippen LogP contribution in [-0.2, 0) is 13.1 Å². The number of rotatable bonds is 5. The Bertz CT molecular complexity index is 401. The van der Waals surface area contributed by atoms with Gasteiger partial charge in [-0.1, -0.05) is 6.42 Å². The largest absolute Gasteiger partial charge is 0.463 e. The second-order valence-corrected chi connectivity index (χ2v) is 6.32. The van der Waals surface area contributed by atoms with Crippen molar-refractivity contribution in [3.05, 3.63) is 23.7 Å².